The lowest BCUT2D eigenvalue weighted by molar-refractivity contribution is 0.285. The van der Waals surface area contributed by atoms with Crippen LogP contribution in [-0.2, 0) is 6.42 Å². The van der Waals surface area contributed by atoms with Crippen molar-refractivity contribution in [1.82, 2.24) is 0 Å². The molecule has 0 aromatic heterocycles. The van der Waals surface area contributed by atoms with Gasteiger partial charge in [-0.1, -0.05) is 24.3 Å². The summed E-state index contributed by atoms with van der Waals surface area (Å²) in [5.41, 5.74) is 0.634. The van der Waals surface area contributed by atoms with Crippen LogP contribution in [0.4, 0.5) is 4.39 Å². The van der Waals surface area contributed by atoms with Crippen LogP contribution in [0.3, 0.4) is 0 Å². The fraction of sp³-hybridized carbons (Fsp3) is 0.250. The summed E-state index contributed by atoms with van der Waals surface area (Å²) in [5.74, 6) is 1.52. The van der Waals surface area contributed by atoms with Crippen LogP contribution in [0, 0.1) is 5.82 Å². The second-order valence-corrected chi connectivity index (χ2v) is 4.18. The summed E-state index contributed by atoms with van der Waals surface area (Å²) in [6.45, 7) is 0.366. The highest BCUT2D eigenvalue weighted by Gasteiger charge is 2.10. The molecule has 106 valence electrons. The molecule has 0 saturated carbocycles. The standard InChI is InChI=1S/C16H17FO3/c1-18-14-8-5-9-15(16(14)19-2)20-11-10-12-6-3-4-7-13(12)17/h3-9H,10-11H2,1-2H3. The van der Waals surface area contributed by atoms with Crippen molar-refractivity contribution >= 4 is 0 Å². The van der Waals surface area contributed by atoms with Crippen molar-refractivity contribution in [2.75, 3.05) is 20.8 Å². The molecule has 2 aromatic rings. The van der Waals surface area contributed by atoms with E-state index in [-0.39, 0.29) is 5.82 Å². The smallest absolute Gasteiger partial charge is 0.203 e. The highest BCUT2D eigenvalue weighted by molar-refractivity contribution is 5.51. The summed E-state index contributed by atoms with van der Waals surface area (Å²) < 4.78 is 29.6. The number of halogens is 1. The SMILES string of the molecule is COc1cccc(OCCc2ccccc2F)c1OC. The van der Waals surface area contributed by atoms with E-state index in [4.69, 9.17) is 14.2 Å². The minimum Gasteiger partial charge on any atom is -0.493 e. The molecule has 0 aliphatic heterocycles. The molecule has 0 atom stereocenters. The van der Waals surface area contributed by atoms with Crippen molar-refractivity contribution in [3.8, 4) is 17.2 Å². The minimum atomic E-state index is -0.214. The number of ether oxygens (including phenoxy) is 3. The molecule has 0 unspecified atom stereocenters. The highest BCUT2D eigenvalue weighted by atomic mass is 19.1. The lowest BCUT2D eigenvalue weighted by atomic mass is 10.1. The van der Waals surface area contributed by atoms with E-state index in [1.54, 1.807) is 38.5 Å². The van der Waals surface area contributed by atoms with Crippen molar-refractivity contribution < 1.29 is 18.6 Å². The quantitative estimate of drug-likeness (QED) is 0.808. The van der Waals surface area contributed by atoms with Crippen molar-refractivity contribution in [3.63, 3.8) is 0 Å². The predicted octanol–water partition coefficient (Wildman–Crippen LogP) is 3.46. The molecule has 0 radical (unpaired) electrons. The Balaban J connectivity index is 2.03. The molecule has 0 bridgehead atoms. The maximum Gasteiger partial charge on any atom is 0.203 e. The largest absolute Gasteiger partial charge is 0.493 e. The zero-order valence-corrected chi connectivity index (χ0v) is 11.6. The molecular formula is C16H17FO3. The van der Waals surface area contributed by atoms with Crippen molar-refractivity contribution in [1.29, 1.82) is 0 Å². The Morgan fingerprint density at radius 1 is 0.900 bits per heavy atom. The molecule has 0 aliphatic rings. The second kappa shape index (κ2) is 6.80. The van der Waals surface area contributed by atoms with Gasteiger partial charge in [0, 0.05) is 6.42 Å². The Kier molecular flexibility index (Phi) is 4.82. The van der Waals surface area contributed by atoms with E-state index < -0.39 is 0 Å². The normalized spacial score (nSPS) is 10.2. The van der Waals surface area contributed by atoms with Crippen LogP contribution in [-0.4, -0.2) is 20.8 Å². The van der Waals surface area contributed by atoms with Crippen molar-refractivity contribution in [3.05, 3.63) is 53.8 Å². The Bertz CT molecular complexity index is 569. The molecule has 0 heterocycles. The van der Waals surface area contributed by atoms with Crippen molar-refractivity contribution in [2.45, 2.75) is 6.42 Å². The van der Waals surface area contributed by atoms with Gasteiger partial charge in [-0.3, -0.25) is 0 Å². The lowest BCUT2D eigenvalue weighted by Gasteiger charge is -2.13. The summed E-state index contributed by atoms with van der Waals surface area (Å²) in [4.78, 5) is 0. The average molecular weight is 276 g/mol. The molecular weight excluding hydrogens is 259 g/mol. The van der Waals surface area contributed by atoms with E-state index in [1.807, 2.05) is 12.1 Å². The van der Waals surface area contributed by atoms with Gasteiger partial charge in [-0.2, -0.15) is 0 Å². The number of hydrogen-bond donors (Lipinski definition) is 0. The van der Waals surface area contributed by atoms with Crippen LogP contribution < -0.4 is 14.2 Å². The Hall–Kier alpha value is -2.23. The van der Waals surface area contributed by atoms with Crippen LogP contribution in [0.2, 0.25) is 0 Å². The number of para-hydroxylation sites is 1. The van der Waals surface area contributed by atoms with Crippen LogP contribution in [0.5, 0.6) is 17.2 Å². The Morgan fingerprint density at radius 3 is 2.35 bits per heavy atom. The van der Waals surface area contributed by atoms with Gasteiger partial charge in [0.05, 0.1) is 20.8 Å². The minimum absolute atomic E-state index is 0.214. The maximum atomic E-state index is 13.5. The van der Waals surface area contributed by atoms with E-state index >= 15 is 0 Å². The summed E-state index contributed by atoms with van der Waals surface area (Å²) >= 11 is 0. The zero-order chi connectivity index (χ0) is 14.4. The molecule has 4 heteroatoms. The number of methoxy groups -OCH3 is 2. The van der Waals surface area contributed by atoms with Gasteiger partial charge in [0.15, 0.2) is 11.5 Å². The van der Waals surface area contributed by atoms with Gasteiger partial charge in [-0.25, -0.2) is 4.39 Å². The van der Waals surface area contributed by atoms with E-state index in [0.29, 0.717) is 35.8 Å². The van der Waals surface area contributed by atoms with Crippen LogP contribution in [0.15, 0.2) is 42.5 Å². The predicted molar refractivity (Wildman–Crippen MR) is 75.1 cm³/mol. The third-order valence-electron chi connectivity index (χ3n) is 2.95. The first-order valence-corrected chi connectivity index (χ1v) is 6.33. The van der Waals surface area contributed by atoms with Gasteiger partial charge in [0.25, 0.3) is 0 Å². The summed E-state index contributed by atoms with van der Waals surface area (Å²) in [6, 6.07) is 12.1. The third-order valence-corrected chi connectivity index (χ3v) is 2.95. The third kappa shape index (κ3) is 3.20. The molecule has 0 saturated heterocycles. The van der Waals surface area contributed by atoms with Gasteiger partial charge >= 0.3 is 0 Å². The maximum absolute atomic E-state index is 13.5. The van der Waals surface area contributed by atoms with Gasteiger partial charge in [-0.05, 0) is 23.8 Å². The van der Waals surface area contributed by atoms with Crippen LogP contribution >= 0.6 is 0 Å². The molecule has 0 fully saturated rings. The Labute approximate surface area is 117 Å². The molecule has 0 amide bonds. The zero-order valence-electron chi connectivity index (χ0n) is 11.6. The van der Waals surface area contributed by atoms with Crippen LogP contribution in [0.25, 0.3) is 0 Å². The monoisotopic (exact) mass is 276 g/mol. The van der Waals surface area contributed by atoms with Gasteiger partial charge in [0.2, 0.25) is 5.75 Å². The van der Waals surface area contributed by atoms with Gasteiger partial charge in [0.1, 0.15) is 5.82 Å². The number of rotatable bonds is 6. The number of benzene rings is 2. The van der Waals surface area contributed by atoms with E-state index in [2.05, 4.69) is 0 Å². The fourth-order valence-electron chi connectivity index (χ4n) is 1.94. The molecule has 2 aromatic carbocycles. The average Bonchev–Trinajstić information content (AvgIpc) is 2.48. The summed E-state index contributed by atoms with van der Waals surface area (Å²) in [5, 5.41) is 0. The molecule has 0 N–H and O–H groups in total. The van der Waals surface area contributed by atoms with E-state index in [9.17, 15) is 4.39 Å². The van der Waals surface area contributed by atoms with E-state index in [0.717, 1.165) is 0 Å². The lowest BCUT2D eigenvalue weighted by Crippen LogP contribution is -2.04. The molecule has 0 aliphatic carbocycles. The van der Waals surface area contributed by atoms with E-state index in [1.165, 1.54) is 6.07 Å². The highest BCUT2D eigenvalue weighted by Crippen LogP contribution is 2.36. The molecule has 20 heavy (non-hydrogen) atoms. The van der Waals surface area contributed by atoms with Crippen molar-refractivity contribution in [2.24, 2.45) is 0 Å². The van der Waals surface area contributed by atoms with Gasteiger partial charge < -0.3 is 14.2 Å². The second-order valence-electron chi connectivity index (χ2n) is 4.18. The number of hydrogen-bond acceptors (Lipinski definition) is 3. The van der Waals surface area contributed by atoms with Crippen LogP contribution in [0.1, 0.15) is 5.56 Å². The Morgan fingerprint density at radius 2 is 1.65 bits per heavy atom. The first kappa shape index (κ1) is 14.2. The summed E-state index contributed by atoms with van der Waals surface area (Å²) in [6.07, 6.45) is 0.493. The fourth-order valence-corrected chi connectivity index (χ4v) is 1.94. The molecule has 3 nitrogen and oxygen atoms in total. The topological polar surface area (TPSA) is 27.7 Å². The first-order chi connectivity index (χ1) is 9.76. The summed E-state index contributed by atoms with van der Waals surface area (Å²) in [7, 11) is 3.13. The first-order valence-electron chi connectivity index (χ1n) is 6.33. The molecule has 2 rings (SSSR count). The van der Waals surface area contributed by atoms with Gasteiger partial charge in [-0.15, -0.1) is 0 Å². The molecule has 0 spiro atoms.